The Morgan fingerprint density at radius 2 is 1.89 bits per heavy atom. The first-order valence-electron chi connectivity index (χ1n) is 8.48. The fourth-order valence-electron chi connectivity index (χ4n) is 3.38. The molecule has 0 unspecified atom stereocenters. The molecule has 0 spiro atoms. The highest BCUT2D eigenvalue weighted by molar-refractivity contribution is 5.57. The minimum Gasteiger partial charge on any atom is -0.422 e. The average Bonchev–Trinajstić information content (AvgIpc) is 3.03. The molecule has 0 radical (unpaired) electrons. The van der Waals surface area contributed by atoms with E-state index in [1.54, 1.807) is 16.8 Å². The first-order chi connectivity index (χ1) is 13.5. The fourth-order valence-corrected chi connectivity index (χ4v) is 3.38. The minimum atomic E-state index is -0.463. The van der Waals surface area contributed by atoms with E-state index in [0.29, 0.717) is 22.8 Å². The number of allylic oxidation sites excluding steroid dienone is 1. The van der Waals surface area contributed by atoms with Crippen molar-refractivity contribution in [3.05, 3.63) is 93.0 Å². The van der Waals surface area contributed by atoms with Crippen molar-refractivity contribution >= 4 is 5.69 Å². The second-order valence-electron chi connectivity index (χ2n) is 6.33. The highest BCUT2D eigenvalue weighted by Crippen LogP contribution is 2.44. The number of nitro benzene ring substituents is 1. The normalized spacial score (nSPS) is 15.5. The van der Waals surface area contributed by atoms with Gasteiger partial charge in [-0.3, -0.25) is 10.1 Å². The van der Waals surface area contributed by atoms with Gasteiger partial charge in [0.25, 0.3) is 5.69 Å². The fraction of sp³-hybridized carbons (Fsp3) is 0.100. The number of aromatic nitrogens is 2. The van der Waals surface area contributed by atoms with Gasteiger partial charge >= 0.3 is 0 Å². The number of hydrogen-bond acceptors (Lipinski definition) is 6. The van der Waals surface area contributed by atoms with E-state index in [1.807, 2.05) is 37.3 Å². The van der Waals surface area contributed by atoms with E-state index >= 15 is 0 Å². The minimum absolute atomic E-state index is 0.0178. The molecule has 4 rings (SSSR count). The average molecular weight is 373 g/mol. The summed E-state index contributed by atoms with van der Waals surface area (Å²) in [4.78, 5) is 10.4. The number of rotatable bonds is 3. The number of non-ortho nitro benzene ring substituents is 1. The summed E-state index contributed by atoms with van der Waals surface area (Å²) in [5, 5.41) is 25.1. The van der Waals surface area contributed by atoms with E-state index in [2.05, 4.69) is 11.2 Å². The molecule has 2 N–H and O–H groups in total. The van der Waals surface area contributed by atoms with Crippen molar-refractivity contribution in [1.29, 1.82) is 5.26 Å². The van der Waals surface area contributed by atoms with Crippen LogP contribution >= 0.6 is 0 Å². The zero-order valence-corrected chi connectivity index (χ0v) is 14.9. The number of hydrogen-bond donors (Lipinski definition) is 1. The molecule has 138 valence electrons. The van der Waals surface area contributed by atoms with Crippen LogP contribution in [-0.4, -0.2) is 14.7 Å². The highest BCUT2D eigenvalue weighted by atomic mass is 16.6. The second-order valence-corrected chi connectivity index (χ2v) is 6.33. The number of nitrogens with two attached hydrogens (primary N) is 1. The lowest BCUT2D eigenvalue weighted by molar-refractivity contribution is -0.384. The molecule has 0 amide bonds. The summed E-state index contributed by atoms with van der Waals surface area (Å²) in [6.45, 7) is 1.83. The zero-order valence-electron chi connectivity index (χ0n) is 14.9. The van der Waals surface area contributed by atoms with Crippen molar-refractivity contribution in [2.75, 3.05) is 0 Å². The lowest BCUT2D eigenvalue weighted by atomic mass is 9.84. The Morgan fingerprint density at radius 1 is 1.21 bits per heavy atom. The van der Waals surface area contributed by atoms with E-state index < -0.39 is 10.8 Å². The van der Waals surface area contributed by atoms with Crippen LogP contribution in [0.1, 0.15) is 22.7 Å². The molecule has 0 saturated heterocycles. The second kappa shape index (κ2) is 6.55. The Balaban J connectivity index is 1.90. The molecule has 3 aromatic rings. The van der Waals surface area contributed by atoms with Crippen molar-refractivity contribution in [1.82, 2.24) is 9.78 Å². The van der Waals surface area contributed by atoms with E-state index in [4.69, 9.17) is 10.5 Å². The summed E-state index contributed by atoms with van der Waals surface area (Å²) in [6, 6.07) is 17.7. The first-order valence-corrected chi connectivity index (χ1v) is 8.48. The lowest BCUT2D eigenvalue weighted by Gasteiger charge is -2.24. The van der Waals surface area contributed by atoms with Crippen LogP contribution in [-0.2, 0) is 0 Å². The Labute approximate surface area is 160 Å². The topological polar surface area (TPSA) is 120 Å². The van der Waals surface area contributed by atoms with Crippen LogP contribution in [0.25, 0.3) is 5.69 Å². The summed E-state index contributed by atoms with van der Waals surface area (Å²) < 4.78 is 7.32. The molecule has 1 aliphatic heterocycles. The van der Waals surface area contributed by atoms with Gasteiger partial charge in [0, 0.05) is 12.1 Å². The Hall–Kier alpha value is -4.12. The molecule has 0 bridgehead atoms. The number of nitrogens with zero attached hydrogens (tertiary/aromatic N) is 4. The molecule has 2 heterocycles. The molecule has 0 fully saturated rings. The van der Waals surface area contributed by atoms with Crippen LogP contribution in [0.15, 0.2) is 66.1 Å². The number of nitro groups is 1. The number of ether oxygens (including phenoxy) is 1. The van der Waals surface area contributed by atoms with Gasteiger partial charge < -0.3 is 10.5 Å². The van der Waals surface area contributed by atoms with Crippen molar-refractivity contribution in [2.45, 2.75) is 12.8 Å². The molecule has 0 saturated carbocycles. The molecular weight excluding hydrogens is 358 g/mol. The number of aryl methyl sites for hydroxylation is 1. The maximum atomic E-state index is 10.9. The summed E-state index contributed by atoms with van der Waals surface area (Å²) in [5.74, 6) is 0.0189. The largest absolute Gasteiger partial charge is 0.422 e. The molecule has 8 heteroatoms. The number of nitriles is 1. The van der Waals surface area contributed by atoms with E-state index in [9.17, 15) is 15.4 Å². The van der Waals surface area contributed by atoms with Crippen LogP contribution in [0, 0.1) is 28.4 Å². The predicted octanol–water partition coefficient (Wildman–Crippen LogP) is 3.31. The molecule has 2 aromatic carbocycles. The summed E-state index contributed by atoms with van der Waals surface area (Å²) >= 11 is 0. The Bertz CT molecular complexity index is 1140. The highest BCUT2D eigenvalue weighted by Gasteiger charge is 2.36. The number of fused-ring (bicyclic) bond motifs is 1. The third kappa shape index (κ3) is 2.66. The van der Waals surface area contributed by atoms with Gasteiger partial charge in [-0.1, -0.05) is 30.3 Å². The number of benzene rings is 2. The van der Waals surface area contributed by atoms with E-state index in [0.717, 1.165) is 11.1 Å². The zero-order chi connectivity index (χ0) is 19.8. The molecule has 8 nitrogen and oxygen atoms in total. The van der Waals surface area contributed by atoms with Crippen LogP contribution in [0.5, 0.6) is 5.88 Å². The van der Waals surface area contributed by atoms with Crippen molar-refractivity contribution < 1.29 is 9.66 Å². The van der Waals surface area contributed by atoms with Gasteiger partial charge in [-0.15, -0.1) is 0 Å². The molecule has 28 heavy (non-hydrogen) atoms. The van der Waals surface area contributed by atoms with Crippen LogP contribution in [0.4, 0.5) is 5.69 Å². The third-order valence-corrected chi connectivity index (χ3v) is 4.67. The van der Waals surface area contributed by atoms with Gasteiger partial charge in [0.05, 0.1) is 27.8 Å². The Morgan fingerprint density at radius 3 is 2.50 bits per heavy atom. The van der Waals surface area contributed by atoms with Gasteiger partial charge in [-0.05, 0) is 24.6 Å². The first kappa shape index (κ1) is 17.3. The van der Waals surface area contributed by atoms with Gasteiger partial charge in [0.15, 0.2) is 0 Å². The van der Waals surface area contributed by atoms with Crippen molar-refractivity contribution in [2.24, 2.45) is 5.73 Å². The predicted molar refractivity (Wildman–Crippen MR) is 101 cm³/mol. The maximum Gasteiger partial charge on any atom is 0.269 e. The smallest absolute Gasteiger partial charge is 0.269 e. The van der Waals surface area contributed by atoms with E-state index in [-0.39, 0.29) is 11.6 Å². The van der Waals surface area contributed by atoms with Gasteiger partial charge in [-0.2, -0.15) is 10.4 Å². The molecule has 0 aliphatic carbocycles. The lowest BCUT2D eigenvalue weighted by Crippen LogP contribution is -2.22. The quantitative estimate of drug-likeness (QED) is 0.555. The van der Waals surface area contributed by atoms with Gasteiger partial charge in [0.1, 0.15) is 11.6 Å². The molecular formula is C20H15N5O3. The molecule has 1 aliphatic rings. The summed E-state index contributed by atoms with van der Waals surface area (Å²) in [7, 11) is 0. The molecule has 1 aromatic heterocycles. The van der Waals surface area contributed by atoms with Gasteiger partial charge in [0.2, 0.25) is 11.8 Å². The molecule has 1 atom stereocenters. The standard InChI is InChI=1S/C20H15N5O3/c1-12-17-18(13-5-3-2-4-6-13)16(11-21)19(22)28-20(17)24(23-12)14-7-9-15(10-8-14)25(26)27/h2-10,18H,22H2,1H3/t18-/m1/s1. The summed E-state index contributed by atoms with van der Waals surface area (Å²) in [6.07, 6.45) is 0. The monoisotopic (exact) mass is 373 g/mol. The van der Waals surface area contributed by atoms with Crippen molar-refractivity contribution in [3.8, 4) is 17.6 Å². The van der Waals surface area contributed by atoms with Crippen LogP contribution < -0.4 is 10.5 Å². The van der Waals surface area contributed by atoms with E-state index in [1.165, 1.54) is 12.1 Å². The van der Waals surface area contributed by atoms with Crippen LogP contribution in [0.3, 0.4) is 0 Å². The van der Waals surface area contributed by atoms with Crippen molar-refractivity contribution in [3.63, 3.8) is 0 Å². The SMILES string of the molecule is Cc1nn(-c2ccc([N+](=O)[O-])cc2)c2c1[C@H](c1ccccc1)C(C#N)=C(N)O2. The third-order valence-electron chi connectivity index (χ3n) is 4.67. The maximum absolute atomic E-state index is 10.9. The Kier molecular flexibility index (Phi) is 4.05. The van der Waals surface area contributed by atoms with Crippen LogP contribution in [0.2, 0.25) is 0 Å². The van der Waals surface area contributed by atoms with Gasteiger partial charge in [-0.25, -0.2) is 4.68 Å². The summed E-state index contributed by atoms with van der Waals surface area (Å²) in [5.41, 5.74) is 9.28.